The van der Waals surface area contributed by atoms with Crippen molar-refractivity contribution in [1.82, 2.24) is 9.47 Å². The molecular formula is C25H31N3O4. The molecule has 170 valence electrons. The number of β-amino-alcohol motifs (C(OH)–C–C–N with tert-alkyl or cyclic N) is 1. The SMILES string of the molecule is COc1cc(-n2ccc3cc(O)ccc3c2=O)ccc1N1CCCN(CC(C)(C)O)CC1. The number of hydrogen-bond donors (Lipinski definition) is 2. The Bertz CT molecular complexity index is 1170. The van der Waals surface area contributed by atoms with Crippen LogP contribution in [0.3, 0.4) is 0 Å². The van der Waals surface area contributed by atoms with Gasteiger partial charge in [-0.1, -0.05) is 0 Å². The molecule has 0 unspecified atom stereocenters. The second-order valence-electron chi connectivity index (χ2n) is 9.05. The van der Waals surface area contributed by atoms with Gasteiger partial charge < -0.3 is 19.8 Å². The number of rotatable bonds is 5. The second-order valence-corrected chi connectivity index (χ2v) is 9.05. The lowest BCUT2D eigenvalue weighted by atomic mass is 10.1. The fourth-order valence-electron chi connectivity index (χ4n) is 4.43. The number of nitrogens with zero attached hydrogens (tertiary/aromatic N) is 3. The van der Waals surface area contributed by atoms with Gasteiger partial charge in [-0.05, 0) is 62.1 Å². The summed E-state index contributed by atoms with van der Waals surface area (Å²) in [6, 6.07) is 12.4. The van der Waals surface area contributed by atoms with Crippen molar-refractivity contribution in [1.29, 1.82) is 0 Å². The Morgan fingerprint density at radius 2 is 1.84 bits per heavy atom. The van der Waals surface area contributed by atoms with Crippen LogP contribution < -0.4 is 15.2 Å². The summed E-state index contributed by atoms with van der Waals surface area (Å²) in [5.74, 6) is 0.857. The molecule has 2 heterocycles. The molecule has 0 aliphatic carbocycles. The van der Waals surface area contributed by atoms with Gasteiger partial charge in [-0.3, -0.25) is 14.3 Å². The maximum Gasteiger partial charge on any atom is 0.262 e. The quantitative estimate of drug-likeness (QED) is 0.639. The second kappa shape index (κ2) is 8.84. The first-order valence-corrected chi connectivity index (χ1v) is 11.0. The molecule has 4 rings (SSSR count). The summed E-state index contributed by atoms with van der Waals surface area (Å²) in [7, 11) is 1.65. The van der Waals surface area contributed by atoms with Crippen molar-refractivity contribution in [2.24, 2.45) is 0 Å². The molecule has 32 heavy (non-hydrogen) atoms. The molecule has 1 fully saturated rings. The number of phenolic OH excluding ortho intramolecular Hbond substituents is 1. The minimum absolute atomic E-state index is 0.138. The number of hydrogen-bond acceptors (Lipinski definition) is 6. The van der Waals surface area contributed by atoms with E-state index in [1.165, 1.54) is 6.07 Å². The van der Waals surface area contributed by atoms with Crippen LogP contribution in [0.15, 0.2) is 53.5 Å². The van der Waals surface area contributed by atoms with E-state index in [0.29, 0.717) is 17.3 Å². The Kier molecular flexibility index (Phi) is 6.13. The predicted octanol–water partition coefficient (Wildman–Crippen LogP) is 2.99. The highest BCUT2D eigenvalue weighted by Gasteiger charge is 2.23. The zero-order chi connectivity index (χ0) is 22.9. The zero-order valence-electron chi connectivity index (χ0n) is 18.9. The van der Waals surface area contributed by atoms with Crippen LogP contribution in [0, 0.1) is 0 Å². The van der Waals surface area contributed by atoms with Crippen molar-refractivity contribution in [2.45, 2.75) is 25.9 Å². The number of fused-ring (bicyclic) bond motifs is 1. The summed E-state index contributed by atoms with van der Waals surface area (Å²) in [6.07, 6.45) is 2.72. The van der Waals surface area contributed by atoms with Crippen LogP contribution in [0.25, 0.3) is 16.5 Å². The Hall–Kier alpha value is -3.03. The molecule has 0 radical (unpaired) electrons. The summed E-state index contributed by atoms with van der Waals surface area (Å²) in [5.41, 5.74) is 0.874. The van der Waals surface area contributed by atoms with Crippen LogP contribution in [0.5, 0.6) is 11.5 Å². The molecule has 0 atom stereocenters. The van der Waals surface area contributed by atoms with Gasteiger partial charge in [0.25, 0.3) is 5.56 Å². The first kappa shape index (κ1) is 22.2. The topological polar surface area (TPSA) is 78.2 Å². The molecule has 0 saturated carbocycles. The van der Waals surface area contributed by atoms with Crippen LogP contribution in [-0.2, 0) is 0 Å². The summed E-state index contributed by atoms with van der Waals surface area (Å²) in [4.78, 5) is 17.6. The molecule has 3 aromatic rings. The van der Waals surface area contributed by atoms with E-state index in [0.717, 1.165) is 49.7 Å². The van der Waals surface area contributed by atoms with Crippen molar-refractivity contribution in [3.63, 3.8) is 0 Å². The number of methoxy groups -OCH3 is 1. The number of phenols is 1. The van der Waals surface area contributed by atoms with Gasteiger partial charge in [-0.25, -0.2) is 0 Å². The summed E-state index contributed by atoms with van der Waals surface area (Å²) in [5, 5.41) is 21.1. The predicted molar refractivity (Wildman–Crippen MR) is 127 cm³/mol. The van der Waals surface area contributed by atoms with E-state index in [1.54, 1.807) is 30.0 Å². The lowest BCUT2D eigenvalue weighted by Crippen LogP contribution is -2.40. The van der Waals surface area contributed by atoms with E-state index in [-0.39, 0.29) is 11.3 Å². The maximum atomic E-state index is 13.0. The van der Waals surface area contributed by atoms with Crippen molar-refractivity contribution in [3.05, 3.63) is 59.0 Å². The van der Waals surface area contributed by atoms with E-state index in [9.17, 15) is 15.0 Å². The van der Waals surface area contributed by atoms with E-state index < -0.39 is 5.60 Å². The van der Waals surface area contributed by atoms with Gasteiger partial charge in [0.2, 0.25) is 0 Å². The molecule has 0 amide bonds. The van der Waals surface area contributed by atoms with E-state index in [1.807, 2.05) is 38.1 Å². The van der Waals surface area contributed by atoms with E-state index >= 15 is 0 Å². The summed E-state index contributed by atoms with van der Waals surface area (Å²) < 4.78 is 7.30. The van der Waals surface area contributed by atoms with Crippen molar-refractivity contribution in [3.8, 4) is 17.2 Å². The average Bonchev–Trinajstić information content (AvgIpc) is 2.97. The Balaban J connectivity index is 1.61. The highest BCUT2D eigenvalue weighted by Crippen LogP contribution is 2.31. The van der Waals surface area contributed by atoms with Gasteiger partial charge in [-0.2, -0.15) is 0 Å². The largest absolute Gasteiger partial charge is 0.508 e. The standard InChI is InChI=1S/C25H31N3O4/c1-25(2,31)17-26-10-4-11-27(14-13-26)22-8-5-19(16-23(22)32-3)28-12-9-18-15-20(29)6-7-21(18)24(28)30/h5-9,12,15-16,29,31H,4,10-11,13-14,17H2,1-3H3. The Morgan fingerprint density at radius 3 is 2.59 bits per heavy atom. The molecule has 7 nitrogen and oxygen atoms in total. The van der Waals surface area contributed by atoms with Crippen molar-refractivity contribution in [2.75, 3.05) is 44.7 Å². The Morgan fingerprint density at radius 1 is 1.03 bits per heavy atom. The van der Waals surface area contributed by atoms with Gasteiger partial charge in [-0.15, -0.1) is 0 Å². The molecular weight excluding hydrogens is 406 g/mol. The molecule has 1 saturated heterocycles. The number of ether oxygens (including phenoxy) is 1. The molecule has 7 heteroatoms. The molecule has 1 aliphatic heterocycles. The molecule has 0 spiro atoms. The van der Waals surface area contributed by atoms with E-state index in [4.69, 9.17) is 4.74 Å². The normalized spacial score (nSPS) is 15.7. The lowest BCUT2D eigenvalue weighted by molar-refractivity contribution is 0.0385. The van der Waals surface area contributed by atoms with Crippen molar-refractivity contribution >= 4 is 16.5 Å². The molecule has 1 aliphatic rings. The fraction of sp³-hybridized carbons (Fsp3) is 0.400. The molecule has 0 bridgehead atoms. The van der Waals surface area contributed by atoms with Gasteiger partial charge in [0, 0.05) is 50.4 Å². The van der Waals surface area contributed by atoms with Crippen LogP contribution in [0.2, 0.25) is 0 Å². The van der Waals surface area contributed by atoms with Gasteiger partial charge >= 0.3 is 0 Å². The third-order valence-corrected chi connectivity index (χ3v) is 5.87. The highest BCUT2D eigenvalue weighted by atomic mass is 16.5. The number of aromatic nitrogens is 1. The smallest absolute Gasteiger partial charge is 0.262 e. The third kappa shape index (κ3) is 4.74. The first-order chi connectivity index (χ1) is 15.2. The number of pyridine rings is 1. The monoisotopic (exact) mass is 437 g/mol. The van der Waals surface area contributed by atoms with Crippen LogP contribution in [0.1, 0.15) is 20.3 Å². The molecule has 1 aromatic heterocycles. The Labute approximate surface area is 188 Å². The van der Waals surface area contributed by atoms with Crippen LogP contribution in [-0.4, -0.2) is 65.1 Å². The number of benzene rings is 2. The minimum Gasteiger partial charge on any atom is -0.508 e. The fourth-order valence-corrected chi connectivity index (χ4v) is 4.43. The number of aromatic hydroxyl groups is 1. The number of anilines is 1. The maximum absolute atomic E-state index is 13.0. The molecule has 2 aromatic carbocycles. The van der Waals surface area contributed by atoms with Crippen LogP contribution in [0.4, 0.5) is 5.69 Å². The van der Waals surface area contributed by atoms with Gasteiger partial charge in [0.1, 0.15) is 11.5 Å². The first-order valence-electron chi connectivity index (χ1n) is 11.0. The van der Waals surface area contributed by atoms with Crippen molar-refractivity contribution < 1.29 is 14.9 Å². The zero-order valence-corrected chi connectivity index (χ0v) is 18.9. The molecule has 2 N–H and O–H groups in total. The lowest BCUT2D eigenvalue weighted by Gasteiger charge is -2.28. The number of aliphatic hydroxyl groups is 1. The van der Waals surface area contributed by atoms with Gasteiger partial charge in [0.15, 0.2) is 0 Å². The minimum atomic E-state index is -0.708. The summed E-state index contributed by atoms with van der Waals surface area (Å²) in [6.45, 7) is 7.89. The van der Waals surface area contributed by atoms with Gasteiger partial charge in [0.05, 0.1) is 24.1 Å². The highest BCUT2D eigenvalue weighted by molar-refractivity contribution is 5.83. The third-order valence-electron chi connectivity index (χ3n) is 5.87. The van der Waals surface area contributed by atoms with Crippen LogP contribution >= 0.6 is 0 Å². The van der Waals surface area contributed by atoms with E-state index in [2.05, 4.69) is 9.80 Å². The summed E-state index contributed by atoms with van der Waals surface area (Å²) >= 11 is 0. The average molecular weight is 438 g/mol.